The zero-order chi connectivity index (χ0) is 23.4. The third-order valence-corrected chi connectivity index (χ3v) is 7.41. The van der Waals surface area contributed by atoms with E-state index in [1.54, 1.807) is 42.6 Å². The van der Waals surface area contributed by atoms with Crippen molar-refractivity contribution < 1.29 is 13.2 Å². The van der Waals surface area contributed by atoms with Crippen molar-refractivity contribution in [3.8, 4) is 11.3 Å². The maximum Gasteiger partial charge on any atom is 0.278 e. The molecule has 1 fully saturated rings. The molecule has 1 amide bonds. The van der Waals surface area contributed by atoms with Gasteiger partial charge in [0, 0.05) is 37.9 Å². The number of aromatic nitrogens is 3. The van der Waals surface area contributed by atoms with E-state index < -0.39 is 15.9 Å². The number of piperazine rings is 1. The van der Waals surface area contributed by atoms with Crippen LogP contribution in [0.1, 0.15) is 17.4 Å². The van der Waals surface area contributed by atoms with Crippen molar-refractivity contribution in [2.75, 3.05) is 43.8 Å². The summed E-state index contributed by atoms with van der Waals surface area (Å²) in [5.74, 6) is -0.522. The highest BCUT2D eigenvalue weighted by atomic mass is 32.2. The van der Waals surface area contributed by atoms with Crippen LogP contribution in [-0.4, -0.2) is 71.2 Å². The average Bonchev–Trinajstić information content (AvgIpc) is 2.85. The smallest absolute Gasteiger partial charge is 0.278 e. The van der Waals surface area contributed by atoms with Crippen LogP contribution in [0.2, 0.25) is 0 Å². The van der Waals surface area contributed by atoms with Gasteiger partial charge in [0.2, 0.25) is 10.0 Å². The van der Waals surface area contributed by atoms with Crippen molar-refractivity contribution in [1.29, 1.82) is 0 Å². The number of hydrogen-bond donors (Lipinski definition) is 2. The fraction of sp³-hybridized carbons (Fsp3) is 0.273. The number of carbonyl (C=O) groups excluding carboxylic acids is 1. The van der Waals surface area contributed by atoms with Gasteiger partial charge in [-0.05, 0) is 30.8 Å². The number of nitrogens with two attached hydrogens (primary N) is 1. The van der Waals surface area contributed by atoms with Crippen molar-refractivity contribution in [2.24, 2.45) is 0 Å². The monoisotopic (exact) mass is 467 g/mol. The van der Waals surface area contributed by atoms with E-state index in [-0.39, 0.29) is 16.4 Å². The van der Waals surface area contributed by atoms with Crippen LogP contribution in [0.15, 0.2) is 59.9 Å². The van der Waals surface area contributed by atoms with Crippen molar-refractivity contribution >= 4 is 27.4 Å². The minimum atomic E-state index is -3.57. The number of nitrogens with one attached hydrogen (secondary N) is 1. The molecule has 0 atom stereocenters. The highest BCUT2D eigenvalue weighted by Crippen LogP contribution is 2.23. The normalized spacial score (nSPS) is 15.3. The van der Waals surface area contributed by atoms with Gasteiger partial charge in [0.1, 0.15) is 0 Å². The van der Waals surface area contributed by atoms with Crippen LogP contribution in [0.25, 0.3) is 11.3 Å². The van der Waals surface area contributed by atoms with Gasteiger partial charge >= 0.3 is 0 Å². The molecule has 0 saturated carbocycles. The molecule has 0 unspecified atom stereocenters. The van der Waals surface area contributed by atoms with Crippen LogP contribution in [0.5, 0.6) is 0 Å². The molecule has 1 aromatic carbocycles. The van der Waals surface area contributed by atoms with E-state index in [1.165, 1.54) is 16.7 Å². The molecule has 11 heteroatoms. The summed E-state index contributed by atoms with van der Waals surface area (Å²) in [5.41, 5.74) is 7.37. The highest BCUT2D eigenvalue weighted by molar-refractivity contribution is 7.89. The molecular formula is C22H25N7O3S. The Labute approximate surface area is 192 Å². The van der Waals surface area contributed by atoms with Gasteiger partial charge in [-0.25, -0.2) is 18.4 Å². The van der Waals surface area contributed by atoms with E-state index in [0.717, 1.165) is 19.6 Å². The molecule has 10 nitrogen and oxygen atoms in total. The van der Waals surface area contributed by atoms with Gasteiger partial charge in [-0.2, -0.15) is 4.31 Å². The van der Waals surface area contributed by atoms with Crippen molar-refractivity contribution in [2.45, 2.75) is 11.8 Å². The quantitative estimate of drug-likeness (QED) is 0.559. The summed E-state index contributed by atoms with van der Waals surface area (Å²) in [5, 5.41) is 2.68. The maximum atomic E-state index is 13.0. The Hall–Kier alpha value is -3.41. The number of pyridine rings is 1. The third-order valence-electron chi connectivity index (χ3n) is 5.50. The summed E-state index contributed by atoms with van der Waals surface area (Å²) in [6.45, 7) is 5.36. The molecule has 0 bridgehead atoms. The van der Waals surface area contributed by atoms with Gasteiger partial charge in [-0.15, -0.1) is 0 Å². The molecule has 0 radical (unpaired) electrons. The summed E-state index contributed by atoms with van der Waals surface area (Å²) in [6.07, 6.45) is 4.55. The number of amides is 1. The summed E-state index contributed by atoms with van der Waals surface area (Å²) in [7, 11) is -3.57. The van der Waals surface area contributed by atoms with Crippen molar-refractivity contribution in [3.63, 3.8) is 0 Å². The fourth-order valence-corrected chi connectivity index (χ4v) is 4.99. The van der Waals surface area contributed by atoms with E-state index >= 15 is 0 Å². The topological polar surface area (TPSA) is 134 Å². The number of hydrogen-bond acceptors (Lipinski definition) is 8. The molecule has 1 saturated heterocycles. The van der Waals surface area contributed by atoms with Crippen molar-refractivity contribution in [1.82, 2.24) is 24.2 Å². The first-order valence-corrected chi connectivity index (χ1v) is 12.0. The average molecular weight is 468 g/mol. The van der Waals surface area contributed by atoms with Crippen LogP contribution in [0.3, 0.4) is 0 Å². The van der Waals surface area contributed by atoms with E-state index in [0.29, 0.717) is 30.0 Å². The zero-order valence-electron chi connectivity index (χ0n) is 18.2. The van der Waals surface area contributed by atoms with Crippen LogP contribution in [0.4, 0.5) is 11.5 Å². The lowest BCUT2D eigenvalue weighted by molar-refractivity contribution is 0.102. The first-order valence-electron chi connectivity index (χ1n) is 10.6. The second-order valence-electron chi connectivity index (χ2n) is 7.55. The SMILES string of the molecule is CCN1CCN(S(=O)(=O)c2ccc(-c3cnc(N)c(C(=O)Nc4cccnc4)n3)cc2)CC1. The molecular weight excluding hydrogens is 442 g/mol. The number of nitrogens with zero attached hydrogens (tertiary/aromatic N) is 5. The molecule has 3 aromatic rings. The predicted octanol–water partition coefficient (Wildman–Crippen LogP) is 1.70. The third kappa shape index (κ3) is 5.00. The number of sulfonamides is 1. The minimum absolute atomic E-state index is 0.00874. The number of nitrogen functional groups attached to an aromatic ring is 1. The van der Waals surface area contributed by atoms with Gasteiger partial charge in [0.15, 0.2) is 11.5 Å². The Morgan fingerprint density at radius 2 is 1.82 bits per heavy atom. The van der Waals surface area contributed by atoms with E-state index in [9.17, 15) is 13.2 Å². The van der Waals surface area contributed by atoms with E-state index in [4.69, 9.17) is 5.73 Å². The van der Waals surface area contributed by atoms with Crippen molar-refractivity contribution in [3.05, 3.63) is 60.7 Å². The van der Waals surface area contributed by atoms with Gasteiger partial charge < -0.3 is 16.0 Å². The zero-order valence-corrected chi connectivity index (χ0v) is 19.0. The lowest BCUT2D eigenvalue weighted by Gasteiger charge is -2.33. The summed E-state index contributed by atoms with van der Waals surface area (Å²) < 4.78 is 27.5. The molecule has 3 N–H and O–H groups in total. The molecule has 0 aliphatic carbocycles. The number of carbonyl (C=O) groups is 1. The number of benzene rings is 1. The van der Waals surface area contributed by atoms with Gasteiger partial charge in [-0.3, -0.25) is 9.78 Å². The predicted molar refractivity (Wildman–Crippen MR) is 125 cm³/mol. The fourth-order valence-electron chi connectivity index (χ4n) is 3.56. The first kappa shape index (κ1) is 22.8. The second-order valence-corrected chi connectivity index (χ2v) is 9.49. The summed E-state index contributed by atoms with van der Waals surface area (Å²) in [4.78, 5) is 27.4. The number of likely N-dealkylation sites (N-methyl/N-ethyl adjacent to an activating group) is 1. The van der Waals surface area contributed by atoms with Gasteiger partial charge in [-0.1, -0.05) is 19.1 Å². The Kier molecular flexibility index (Phi) is 6.63. The first-order chi connectivity index (χ1) is 15.9. The van der Waals surface area contributed by atoms with Gasteiger partial charge in [0.05, 0.1) is 28.7 Å². The maximum absolute atomic E-state index is 13.0. The summed E-state index contributed by atoms with van der Waals surface area (Å²) >= 11 is 0. The summed E-state index contributed by atoms with van der Waals surface area (Å²) in [6, 6.07) is 9.78. The minimum Gasteiger partial charge on any atom is -0.382 e. The molecule has 1 aliphatic rings. The standard InChI is InChI=1S/C22H25N7O3S/c1-2-28-10-12-29(13-11-28)33(31,32)18-7-5-16(6-8-18)19-15-25-21(23)20(27-19)22(30)26-17-4-3-9-24-14-17/h3-9,14-15H,2,10-13H2,1H3,(H2,23,25)(H,26,30). The lowest BCUT2D eigenvalue weighted by Crippen LogP contribution is -2.48. The van der Waals surface area contributed by atoms with E-state index in [1.807, 2.05) is 0 Å². The Morgan fingerprint density at radius 3 is 2.45 bits per heavy atom. The van der Waals surface area contributed by atoms with Crippen LogP contribution >= 0.6 is 0 Å². The molecule has 4 rings (SSSR count). The largest absolute Gasteiger partial charge is 0.382 e. The van der Waals surface area contributed by atoms with Crippen LogP contribution < -0.4 is 11.1 Å². The molecule has 33 heavy (non-hydrogen) atoms. The lowest BCUT2D eigenvalue weighted by atomic mass is 10.1. The second kappa shape index (κ2) is 9.61. The van der Waals surface area contributed by atoms with Crippen LogP contribution in [0, 0.1) is 0 Å². The van der Waals surface area contributed by atoms with E-state index in [2.05, 4.69) is 32.1 Å². The number of anilines is 2. The van der Waals surface area contributed by atoms with Gasteiger partial charge in [0.25, 0.3) is 5.91 Å². The highest BCUT2D eigenvalue weighted by Gasteiger charge is 2.28. The molecule has 1 aliphatic heterocycles. The molecule has 3 heterocycles. The Balaban J connectivity index is 1.53. The molecule has 172 valence electrons. The molecule has 0 spiro atoms. The Bertz CT molecular complexity index is 1230. The Morgan fingerprint density at radius 1 is 1.09 bits per heavy atom. The number of rotatable bonds is 6. The van der Waals surface area contributed by atoms with Crippen LogP contribution in [-0.2, 0) is 10.0 Å². The molecule has 2 aromatic heterocycles.